The number of aromatic nitrogens is 1. The highest BCUT2D eigenvalue weighted by atomic mass is 35.5. The number of halogens is 1. The van der Waals surface area contributed by atoms with Crippen LogP contribution in [-0.4, -0.2) is 4.98 Å². The van der Waals surface area contributed by atoms with Crippen molar-refractivity contribution in [2.24, 2.45) is 0 Å². The van der Waals surface area contributed by atoms with E-state index in [1.54, 1.807) is 6.20 Å². The van der Waals surface area contributed by atoms with Crippen LogP contribution < -0.4 is 5.32 Å². The van der Waals surface area contributed by atoms with Crippen LogP contribution in [0.15, 0.2) is 73.1 Å². The number of anilines is 1. The van der Waals surface area contributed by atoms with Gasteiger partial charge in [0.25, 0.3) is 0 Å². The van der Waals surface area contributed by atoms with E-state index in [0.717, 1.165) is 28.4 Å². The molecule has 0 aliphatic heterocycles. The highest BCUT2D eigenvalue weighted by molar-refractivity contribution is 6.30. The van der Waals surface area contributed by atoms with Crippen molar-refractivity contribution in [3.8, 4) is 11.1 Å². The lowest BCUT2D eigenvalue weighted by Crippen LogP contribution is -1.98. The van der Waals surface area contributed by atoms with Crippen molar-refractivity contribution in [3.63, 3.8) is 0 Å². The fourth-order valence-corrected chi connectivity index (χ4v) is 2.38. The van der Waals surface area contributed by atoms with Gasteiger partial charge in [-0.1, -0.05) is 41.9 Å². The first-order chi connectivity index (χ1) is 10.3. The third-order valence-corrected chi connectivity index (χ3v) is 3.50. The Morgan fingerprint density at radius 1 is 0.905 bits per heavy atom. The molecular weight excluding hydrogens is 280 g/mol. The molecule has 0 atom stereocenters. The molecule has 2 aromatic carbocycles. The van der Waals surface area contributed by atoms with Gasteiger partial charge in [-0.2, -0.15) is 0 Å². The van der Waals surface area contributed by atoms with Gasteiger partial charge in [0.15, 0.2) is 0 Å². The Hall–Kier alpha value is -2.32. The predicted molar refractivity (Wildman–Crippen MR) is 88.5 cm³/mol. The van der Waals surface area contributed by atoms with Crippen LogP contribution in [0.3, 0.4) is 0 Å². The number of nitrogens with one attached hydrogen (secondary N) is 1. The molecule has 1 heterocycles. The Balaban J connectivity index is 1.68. The van der Waals surface area contributed by atoms with E-state index in [4.69, 9.17) is 11.6 Å². The smallest absolute Gasteiger partial charge is 0.0409 e. The minimum absolute atomic E-state index is 0.757. The molecule has 3 rings (SSSR count). The molecule has 1 N–H and O–H groups in total. The first-order valence-electron chi connectivity index (χ1n) is 6.80. The van der Waals surface area contributed by atoms with Crippen molar-refractivity contribution in [2.75, 3.05) is 5.32 Å². The average Bonchev–Trinajstić information content (AvgIpc) is 2.54. The lowest BCUT2D eigenvalue weighted by Gasteiger charge is -2.08. The maximum atomic E-state index is 5.98. The fourth-order valence-electron chi connectivity index (χ4n) is 2.17. The monoisotopic (exact) mass is 294 g/mol. The summed E-state index contributed by atoms with van der Waals surface area (Å²) in [4.78, 5) is 4.14. The standard InChI is InChI=1S/C18H15ClN2/c19-17-5-1-3-14(11-17)12-21-18-8-6-15(7-9-18)16-4-2-10-20-13-16/h1-11,13,21H,12H2. The van der Waals surface area contributed by atoms with E-state index < -0.39 is 0 Å². The molecular formula is C18H15ClN2. The summed E-state index contributed by atoms with van der Waals surface area (Å²) >= 11 is 5.98. The minimum atomic E-state index is 0.757. The average molecular weight is 295 g/mol. The van der Waals surface area contributed by atoms with Gasteiger partial charge in [0, 0.05) is 29.6 Å². The first-order valence-corrected chi connectivity index (χ1v) is 7.18. The molecule has 0 radical (unpaired) electrons. The molecule has 0 aliphatic carbocycles. The number of rotatable bonds is 4. The van der Waals surface area contributed by atoms with Crippen LogP contribution in [0.1, 0.15) is 5.56 Å². The van der Waals surface area contributed by atoms with Crippen LogP contribution in [0.25, 0.3) is 11.1 Å². The lowest BCUT2D eigenvalue weighted by molar-refractivity contribution is 1.15. The summed E-state index contributed by atoms with van der Waals surface area (Å²) in [5.41, 5.74) is 4.54. The summed E-state index contributed by atoms with van der Waals surface area (Å²) in [5, 5.41) is 4.16. The molecule has 1 aromatic heterocycles. The molecule has 21 heavy (non-hydrogen) atoms. The normalized spacial score (nSPS) is 10.3. The highest BCUT2D eigenvalue weighted by Crippen LogP contribution is 2.21. The number of nitrogens with zero attached hydrogens (tertiary/aromatic N) is 1. The Morgan fingerprint density at radius 3 is 2.48 bits per heavy atom. The Morgan fingerprint density at radius 2 is 1.76 bits per heavy atom. The van der Waals surface area contributed by atoms with Crippen molar-refractivity contribution in [3.05, 3.63) is 83.6 Å². The fraction of sp³-hybridized carbons (Fsp3) is 0.0556. The zero-order valence-corrected chi connectivity index (χ0v) is 12.2. The van der Waals surface area contributed by atoms with Gasteiger partial charge in [-0.15, -0.1) is 0 Å². The maximum absolute atomic E-state index is 5.98. The van der Waals surface area contributed by atoms with E-state index in [-0.39, 0.29) is 0 Å². The van der Waals surface area contributed by atoms with Gasteiger partial charge in [-0.25, -0.2) is 0 Å². The van der Waals surface area contributed by atoms with Crippen molar-refractivity contribution >= 4 is 17.3 Å². The summed E-state index contributed by atoms with van der Waals surface area (Å²) in [6.45, 7) is 0.757. The van der Waals surface area contributed by atoms with Crippen LogP contribution in [0, 0.1) is 0 Å². The second-order valence-electron chi connectivity index (χ2n) is 4.80. The minimum Gasteiger partial charge on any atom is -0.381 e. The second kappa shape index (κ2) is 6.42. The molecule has 0 spiro atoms. The zero-order valence-electron chi connectivity index (χ0n) is 11.5. The molecule has 3 aromatic rings. The third kappa shape index (κ3) is 3.61. The van der Waals surface area contributed by atoms with Crippen molar-refractivity contribution in [1.29, 1.82) is 0 Å². The van der Waals surface area contributed by atoms with E-state index in [0.29, 0.717) is 0 Å². The van der Waals surface area contributed by atoms with Crippen LogP contribution in [0.5, 0.6) is 0 Å². The summed E-state index contributed by atoms with van der Waals surface area (Å²) in [6.07, 6.45) is 3.65. The SMILES string of the molecule is Clc1cccc(CNc2ccc(-c3cccnc3)cc2)c1. The van der Waals surface area contributed by atoms with Crippen molar-refractivity contribution in [2.45, 2.75) is 6.54 Å². The summed E-state index contributed by atoms with van der Waals surface area (Å²) in [7, 11) is 0. The molecule has 0 bridgehead atoms. The maximum Gasteiger partial charge on any atom is 0.0409 e. The van der Waals surface area contributed by atoms with E-state index in [9.17, 15) is 0 Å². The molecule has 0 saturated carbocycles. The first kappa shape index (κ1) is 13.7. The van der Waals surface area contributed by atoms with Crippen LogP contribution in [0.2, 0.25) is 5.02 Å². The molecule has 0 fully saturated rings. The lowest BCUT2D eigenvalue weighted by atomic mass is 10.1. The van der Waals surface area contributed by atoms with Gasteiger partial charge in [0.1, 0.15) is 0 Å². The summed E-state index contributed by atoms with van der Waals surface area (Å²) in [6, 6.07) is 20.2. The number of hydrogen-bond acceptors (Lipinski definition) is 2. The molecule has 0 unspecified atom stereocenters. The van der Waals surface area contributed by atoms with Gasteiger partial charge < -0.3 is 5.32 Å². The van der Waals surface area contributed by atoms with E-state index in [1.807, 2.05) is 30.5 Å². The Labute approximate surface area is 129 Å². The quantitative estimate of drug-likeness (QED) is 0.731. The molecule has 104 valence electrons. The van der Waals surface area contributed by atoms with Gasteiger partial charge in [0.05, 0.1) is 0 Å². The number of hydrogen-bond donors (Lipinski definition) is 1. The summed E-state index contributed by atoms with van der Waals surface area (Å²) in [5.74, 6) is 0. The zero-order chi connectivity index (χ0) is 14.5. The van der Waals surface area contributed by atoms with Gasteiger partial charge in [-0.3, -0.25) is 4.98 Å². The topological polar surface area (TPSA) is 24.9 Å². The Bertz CT molecular complexity index is 709. The largest absolute Gasteiger partial charge is 0.381 e. The van der Waals surface area contributed by atoms with Crippen molar-refractivity contribution in [1.82, 2.24) is 4.98 Å². The van der Waals surface area contributed by atoms with E-state index in [2.05, 4.69) is 46.7 Å². The van der Waals surface area contributed by atoms with Gasteiger partial charge in [-0.05, 0) is 47.0 Å². The number of pyridine rings is 1. The van der Waals surface area contributed by atoms with E-state index in [1.165, 1.54) is 5.56 Å². The second-order valence-corrected chi connectivity index (χ2v) is 5.24. The van der Waals surface area contributed by atoms with Gasteiger partial charge >= 0.3 is 0 Å². The molecule has 2 nitrogen and oxygen atoms in total. The molecule has 3 heteroatoms. The van der Waals surface area contributed by atoms with Crippen molar-refractivity contribution < 1.29 is 0 Å². The third-order valence-electron chi connectivity index (χ3n) is 3.27. The van der Waals surface area contributed by atoms with Crippen LogP contribution >= 0.6 is 11.6 Å². The highest BCUT2D eigenvalue weighted by Gasteiger charge is 1.98. The molecule has 0 aliphatic rings. The van der Waals surface area contributed by atoms with Crippen LogP contribution in [0.4, 0.5) is 5.69 Å². The Kier molecular flexibility index (Phi) is 4.17. The number of benzene rings is 2. The van der Waals surface area contributed by atoms with E-state index >= 15 is 0 Å². The van der Waals surface area contributed by atoms with Crippen LogP contribution in [-0.2, 0) is 6.54 Å². The van der Waals surface area contributed by atoms with Gasteiger partial charge in [0.2, 0.25) is 0 Å². The molecule has 0 saturated heterocycles. The predicted octanol–water partition coefficient (Wildman–Crippen LogP) is 5.01. The summed E-state index contributed by atoms with van der Waals surface area (Å²) < 4.78 is 0. The molecule has 0 amide bonds.